The number of hydrogen-bond donors (Lipinski definition) is 1. The summed E-state index contributed by atoms with van der Waals surface area (Å²) in [5, 5.41) is 7.95. The number of alkyl halides is 24. The molecule has 0 bridgehead atoms. The Morgan fingerprint density at radius 1 is 0.390 bits per heavy atom. The fourth-order valence-corrected chi connectivity index (χ4v) is 2.19. The summed E-state index contributed by atoms with van der Waals surface area (Å²) < 4.78 is 326. The molecule has 0 unspecified atom stereocenters. The number of carboxylic acid groups (broad SMARTS) is 1. The minimum Gasteiger partial charge on any atom is -0.478 e. The molecule has 0 aromatic heterocycles. The molecule has 0 aliphatic rings. The highest BCUT2D eigenvalue weighted by Crippen LogP contribution is 2.66. The number of allylic oxidation sites excluding steroid dienone is 1. The molecule has 0 fully saturated rings. The van der Waals surface area contributed by atoms with E-state index in [2.05, 4.69) is 0 Å². The number of rotatable bonds is 10. The molecule has 0 aromatic rings. The van der Waals surface area contributed by atoms with Crippen LogP contribution in [0.25, 0.3) is 0 Å². The average molecular weight is 676 g/mol. The van der Waals surface area contributed by atoms with Crippen LogP contribution in [0, 0.1) is 0 Å². The van der Waals surface area contributed by atoms with Gasteiger partial charge < -0.3 is 5.11 Å². The topological polar surface area (TPSA) is 37.3 Å². The van der Waals surface area contributed by atoms with E-state index in [9.17, 15) is 115 Å². The van der Waals surface area contributed by atoms with Crippen LogP contribution in [-0.2, 0) is 4.79 Å². The standard InChI is InChI=1S/C14HF25O2/c15-2(1(3(40)41)5(18,19)20)4(16,17)6(21,22)7(23,24)8(25,26)9(27,28)10(29,30)11(31,32)12(33,34)13(35,36)14(37,38)39/h(H,40,41). The maximum absolute atomic E-state index is 13.6. The first-order chi connectivity index (χ1) is 17.2. The molecule has 0 amide bonds. The van der Waals surface area contributed by atoms with E-state index in [0.717, 1.165) is 0 Å². The van der Waals surface area contributed by atoms with E-state index < -0.39 is 83.0 Å². The Kier molecular flexibility index (Phi) is 8.90. The number of carbonyl (C=O) groups is 1. The van der Waals surface area contributed by atoms with Gasteiger partial charge in [0.25, 0.3) is 0 Å². The van der Waals surface area contributed by atoms with E-state index in [-0.39, 0.29) is 0 Å². The maximum Gasteiger partial charge on any atom is 0.460 e. The SMILES string of the molecule is O=C(O)C(=C(F)C(F)(F)C(F)(F)C(F)(F)C(F)(F)C(F)(F)C(F)(F)C(F)(F)C(F)(F)C(F)(F)C(F)(F)F)C(F)(F)F. The summed E-state index contributed by atoms with van der Waals surface area (Å²) in [5.41, 5.74) is -4.68. The number of carboxylic acids is 1. The lowest BCUT2D eigenvalue weighted by Crippen LogP contribution is -2.76. The van der Waals surface area contributed by atoms with Crippen molar-refractivity contribution in [2.24, 2.45) is 0 Å². The van der Waals surface area contributed by atoms with Gasteiger partial charge in [-0.3, -0.25) is 0 Å². The summed E-state index contributed by atoms with van der Waals surface area (Å²) in [6.45, 7) is 0. The molecular formula is C14HF25O2. The molecule has 41 heavy (non-hydrogen) atoms. The molecule has 27 heteroatoms. The van der Waals surface area contributed by atoms with Gasteiger partial charge in [-0.15, -0.1) is 0 Å². The van der Waals surface area contributed by atoms with E-state index >= 15 is 0 Å². The molecular weight excluding hydrogens is 675 g/mol. The summed E-state index contributed by atoms with van der Waals surface area (Å²) in [6, 6.07) is 0. The normalized spacial score (nSPS) is 17.0. The van der Waals surface area contributed by atoms with Gasteiger partial charge in [-0.25, -0.2) is 9.18 Å². The Hall–Kier alpha value is -2.54. The van der Waals surface area contributed by atoms with Gasteiger partial charge >= 0.3 is 71.6 Å². The number of aliphatic carboxylic acids is 1. The molecule has 0 radical (unpaired) electrons. The van der Waals surface area contributed by atoms with Crippen LogP contribution in [0.15, 0.2) is 11.4 Å². The molecule has 0 heterocycles. The minimum absolute atomic E-state index is 4.16. The summed E-state index contributed by atoms with van der Waals surface area (Å²) in [4.78, 5) is 10.2. The lowest BCUT2D eigenvalue weighted by atomic mass is 9.86. The summed E-state index contributed by atoms with van der Waals surface area (Å²) in [6.07, 6.45) is -15.4. The Labute approximate surface area is 204 Å². The van der Waals surface area contributed by atoms with Gasteiger partial charge in [0, 0.05) is 0 Å². The van der Waals surface area contributed by atoms with Crippen molar-refractivity contribution in [3.63, 3.8) is 0 Å². The highest BCUT2D eigenvalue weighted by atomic mass is 19.4. The Balaban J connectivity index is 7.47. The van der Waals surface area contributed by atoms with E-state index in [1.54, 1.807) is 0 Å². The molecule has 0 saturated carbocycles. The molecule has 0 spiro atoms. The zero-order valence-corrected chi connectivity index (χ0v) is 17.3. The van der Waals surface area contributed by atoms with Crippen LogP contribution in [-0.4, -0.2) is 76.7 Å². The van der Waals surface area contributed by atoms with Crippen LogP contribution in [0.1, 0.15) is 0 Å². The zero-order valence-electron chi connectivity index (χ0n) is 17.3. The first kappa shape index (κ1) is 38.5. The predicted molar refractivity (Wildman–Crippen MR) is 72.4 cm³/mol. The predicted octanol–water partition coefficient (Wildman–Crippen LogP) is 8.14. The fourth-order valence-electron chi connectivity index (χ4n) is 2.19. The Bertz CT molecular complexity index is 1040. The van der Waals surface area contributed by atoms with Crippen LogP contribution in [0.3, 0.4) is 0 Å². The van der Waals surface area contributed by atoms with Crippen molar-refractivity contribution >= 4 is 5.97 Å². The van der Waals surface area contributed by atoms with Crippen LogP contribution in [0.5, 0.6) is 0 Å². The first-order valence-corrected chi connectivity index (χ1v) is 8.40. The second kappa shape index (κ2) is 9.48. The van der Waals surface area contributed by atoms with Crippen molar-refractivity contribution in [3.05, 3.63) is 11.4 Å². The quantitative estimate of drug-likeness (QED) is 0.188. The molecule has 0 atom stereocenters. The first-order valence-electron chi connectivity index (χ1n) is 8.40. The van der Waals surface area contributed by atoms with E-state index in [1.807, 2.05) is 0 Å². The highest BCUT2D eigenvalue weighted by Gasteiger charge is 2.98. The van der Waals surface area contributed by atoms with E-state index in [4.69, 9.17) is 5.11 Å². The van der Waals surface area contributed by atoms with Crippen molar-refractivity contribution in [2.45, 2.75) is 65.7 Å². The van der Waals surface area contributed by atoms with Crippen molar-refractivity contribution in [1.29, 1.82) is 0 Å². The van der Waals surface area contributed by atoms with Gasteiger partial charge in [-0.05, 0) is 0 Å². The molecule has 0 saturated heterocycles. The third-order valence-electron chi connectivity index (χ3n) is 4.50. The van der Waals surface area contributed by atoms with Gasteiger partial charge in [-0.1, -0.05) is 0 Å². The van der Waals surface area contributed by atoms with Gasteiger partial charge in [0.1, 0.15) is 0 Å². The average Bonchev–Trinajstić information content (AvgIpc) is 2.70. The molecule has 0 aromatic carbocycles. The Morgan fingerprint density at radius 2 is 0.610 bits per heavy atom. The van der Waals surface area contributed by atoms with Crippen LogP contribution >= 0.6 is 0 Å². The second-order valence-electron chi connectivity index (χ2n) is 7.16. The van der Waals surface area contributed by atoms with Gasteiger partial charge in [0.15, 0.2) is 11.4 Å². The smallest absolute Gasteiger partial charge is 0.460 e. The van der Waals surface area contributed by atoms with Crippen LogP contribution < -0.4 is 0 Å². The monoisotopic (exact) mass is 676 g/mol. The lowest BCUT2D eigenvalue weighted by Gasteiger charge is -2.44. The summed E-state index contributed by atoms with van der Waals surface area (Å²) >= 11 is 0. The molecule has 244 valence electrons. The molecule has 1 N–H and O–H groups in total. The van der Waals surface area contributed by atoms with Crippen LogP contribution in [0.4, 0.5) is 110 Å². The Morgan fingerprint density at radius 3 is 0.805 bits per heavy atom. The summed E-state index contributed by atoms with van der Waals surface area (Å²) in [5.74, 6) is -92.5. The fraction of sp³-hybridized carbons (Fsp3) is 0.786. The van der Waals surface area contributed by atoms with Crippen molar-refractivity contribution in [1.82, 2.24) is 0 Å². The van der Waals surface area contributed by atoms with Crippen molar-refractivity contribution < 1.29 is 120 Å². The largest absolute Gasteiger partial charge is 0.478 e. The zero-order chi connectivity index (χ0) is 34.2. The molecule has 0 aliphatic heterocycles. The molecule has 0 aliphatic carbocycles. The highest BCUT2D eigenvalue weighted by molar-refractivity contribution is 5.89. The van der Waals surface area contributed by atoms with Crippen molar-refractivity contribution in [3.8, 4) is 0 Å². The number of halogens is 25. The second-order valence-corrected chi connectivity index (χ2v) is 7.16. The summed E-state index contributed by atoms with van der Waals surface area (Å²) in [7, 11) is 0. The maximum atomic E-state index is 13.6. The van der Waals surface area contributed by atoms with Crippen molar-refractivity contribution in [2.75, 3.05) is 0 Å². The third kappa shape index (κ3) is 4.86. The third-order valence-corrected chi connectivity index (χ3v) is 4.50. The van der Waals surface area contributed by atoms with E-state index in [1.165, 1.54) is 0 Å². The van der Waals surface area contributed by atoms with Gasteiger partial charge in [0.05, 0.1) is 0 Å². The van der Waals surface area contributed by atoms with E-state index in [0.29, 0.717) is 0 Å². The van der Waals surface area contributed by atoms with Gasteiger partial charge in [-0.2, -0.15) is 105 Å². The van der Waals surface area contributed by atoms with Gasteiger partial charge in [0.2, 0.25) is 0 Å². The molecule has 0 rings (SSSR count). The van der Waals surface area contributed by atoms with Crippen LogP contribution in [0.2, 0.25) is 0 Å². The number of hydrogen-bond acceptors (Lipinski definition) is 1. The minimum atomic E-state index is -9.60. The lowest BCUT2D eigenvalue weighted by molar-refractivity contribution is -0.473. The molecule has 2 nitrogen and oxygen atoms in total.